The van der Waals surface area contributed by atoms with E-state index in [1.54, 1.807) is 0 Å². The number of sulfonamides is 1. The fourth-order valence-corrected chi connectivity index (χ4v) is 3.58. The van der Waals surface area contributed by atoms with E-state index in [4.69, 9.17) is 9.84 Å². The van der Waals surface area contributed by atoms with E-state index in [0.29, 0.717) is 25.3 Å². The van der Waals surface area contributed by atoms with Crippen molar-refractivity contribution in [2.75, 3.05) is 25.0 Å². The summed E-state index contributed by atoms with van der Waals surface area (Å²) in [5, 5.41) is 12.3. The molecule has 0 amide bonds. The Balaban J connectivity index is 2.86. The van der Waals surface area contributed by atoms with Gasteiger partial charge in [-0.1, -0.05) is 19.8 Å². The van der Waals surface area contributed by atoms with E-state index in [2.05, 4.69) is 17.0 Å². The molecule has 0 aliphatic heterocycles. The SMILES string of the molecule is CCCCCNc1ccc(C(=O)O)cc1S(=O)(=O)NCCCOC(C)C. The number of aromatic carboxylic acids is 1. The first kappa shape index (κ1) is 22.4. The molecule has 1 rings (SSSR count). The zero-order valence-corrected chi connectivity index (χ0v) is 16.6. The third-order valence-corrected chi connectivity index (χ3v) is 5.18. The Hall–Kier alpha value is -1.64. The molecule has 8 heteroatoms. The Morgan fingerprint density at radius 3 is 2.54 bits per heavy atom. The van der Waals surface area contributed by atoms with Crippen molar-refractivity contribution < 1.29 is 23.1 Å². The number of carboxylic acid groups (broad SMARTS) is 1. The lowest BCUT2D eigenvalue weighted by Crippen LogP contribution is -2.27. The molecule has 0 saturated carbocycles. The highest BCUT2D eigenvalue weighted by molar-refractivity contribution is 7.89. The van der Waals surface area contributed by atoms with E-state index in [1.165, 1.54) is 18.2 Å². The number of unbranched alkanes of at least 4 members (excludes halogenated alkanes) is 2. The van der Waals surface area contributed by atoms with Gasteiger partial charge in [0.05, 0.1) is 17.4 Å². The molecular weight excluding hydrogens is 356 g/mol. The van der Waals surface area contributed by atoms with Crippen LogP contribution < -0.4 is 10.0 Å². The maximum absolute atomic E-state index is 12.6. The number of benzene rings is 1. The number of carbonyl (C=O) groups is 1. The first-order chi connectivity index (χ1) is 12.3. The van der Waals surface area contributed by atoms with Crippen molar-refractivity contribution in [1.29, 1.82) is 0 Å². The number of rotatable bonds is 13. The van der Waals surface area contributed by atoms with Gasteiger partial charge < -0.3 is 15.2 Å². The first-order valence-corrected chi connectivity index (χ1v) is 10.5. The number of anilines is 1. The van der Waals surface area contributed by atoms with Gasteiger partial charge >= 0.3 is 5.97 Å². The second kappa shape index (κ2) is 11.2. The van der Waals surface area contributed by atoms with Gasteiger partial charge in [0, 0.05) is 19.7 Å². The van der Waals surface area contributed by atoms with Gasteiger partial charge in [0.1, 0.15) is 4.90 Å². The molecule has 0 saturated heterocycles. The normalized spacial score (nSPS) is 11.7. The molecule has 0 spiro atoms. The fraction of sp³-hybridized carbons (Fsp3) is 0.611. The smallest absolute Gasteiger partial charge is 0.335 e. The standard InChI is InChI=1S/C18H30N2O5S/c1-4-5-6-10-19-16-9-8-15(18(21)22)13-17(16)26(23,24)20-11-7-12-25-14(2)3/h8-9,13-14,19-20H,4-7,10-12H2,1-3H3,(H,21,22). The van der Waals surface area contributed by atoms with Crippen molar-refractivity contribution in [2.45, 2.75) is 57.5 Å². The number of hydrogen-bond donors (Lipinski definition) is 3. The monoisotopic (exact) mass is 386 g/mol. The second-order valence-electron chi connectivity index (χ2n) is 6.32. The zero-order chi connectivity index (χ0) is 19.6. The summed E-state index contributed by atoms with van der Waals surface area (Å²) >= 11 is 0. The molecule has 0 bridgehead atoms. The summed E-state index contributed by atoms with van der Waals surface area (Å²) in [6.45, 7) is 7.23. The van der Waals surface area contributed by atoms with Gasteiger partial charge in [-0.2, -0.15) is 0 Å². The van der Waals surface area contributed by atoms with Crippen LogP contribution in [0, 0.1) is 0 Å². The summed E-state index contributed by atoms with van der Waals surface area (Å²) in [7, 11) is -3.82. The van der Waals surface area contributed by atoms with E-state index in [-0.39, 0.29) is 23.1 Å². The Morgan fingerprint density at radius 2 is 1.92 bits per heavy atom. The van der Waals surface area contributed by atoms with Crippen LogP contribution >= 0.6 is 0 Å². The minimum atomic E-state index is -3.82. The maximum atomic E-state index is 12.6. The zero-order valence-electron chi connectivity index (χ0n) is 15.7. The van der Waals surface area contributed by atoms with E-state index >= 15 is 0 Å². The third-order valence-electron chi connectivity index (χ3n) is 3.68. The Morgan fingerprint density at radius 1 is 1.19 bits per heavy atom. The van der Waals surface area contributed by atoms with Gasteiger partial charge in [-0.3, -0.25) is 0 Å². The topological polar surface area (TPSA) is 105 Å². The molecule has 0 heterocycles. The van der Waals surface area contributed by atoms with E-state index in [9.17, 15) is 13.2 Å². The molecule has 1 aromatic rings. The van der Waals surface area contributed by atoms with Gasteiger partial charge in [-0.05, 0) is 44.9 Å². The molecule has 1 aromatic carbocycles. The van der Waals surface area contributed by atoms with Gasteiger partial charge in [0.2, 0.25) is 10.0 Å². The number of carboxylic acids is 1. The average molecular weight is 387 g/mol. The number of ether oxygens (including phenoxy) is 1. The average Bonchev–Trinajstić information content (AvgIpc) is 2.58. The van der Waals surface area contributed by atoms with Crippen LogP contribution in [0.4, 0.5) is 5.69 Å². The molecule has 0 aromatic heterocycles. The lowest BCUT2D eigenvalue weighted by Gasteiger charge is -2.14. The lowest BCUT2D eigenvalue weighted by molar-refractivity contribution is 0.0696. The van der Waals surface area contributed by atoms with Crippen LogP contribution in [0.3, 0.4) is 0 Å². The molecule has 0 unspecified atom stereocenters. The molecule has 148 valence electrons. The predicted molar refractivity (Wildman–Crippen MR) is 102 cm³/mol. The van der Waals surface area contributed by atoms with E-state index in [1.807, 2.05) is 13.8 Å². The summed E-state index contributed by atoms with van der Waals surface area (Å²) < 4.78 is 33.2. The molecule has 7 nitrogen and oxygen atoms in total. The quantitative estimate of drug-likeness (QED) is 0.450. The van der Waals surface area contributed by atoms with E-state index in [0.717, 1.165) is 19.3 Å². The van der Waals surface area contributed by atoms with Gasteiger partial charge in [0.25, 0.3) is 0 Å². The molecule has 0 radical (unpaired) electrons. The number of hydrogen-bond acceptors (Lipinski definition) is 5. The molecular formula is C18H30N2O5S. The Bertz CT molecular complexity index is 674. The minimum absolute atomic E-state index is 0.0429. The largest absolute Gasteiger partial charge is 0.478 e. The van der Waals surface area contributed by atoms with Crippen molar-refractivity contribution in [1.82, 2.24) is 4.72 Å². The summed E-state index contributed by atoms with van der Waals surface area (Å²) in [6, 6.07) is 4.10. The van der Waals surface area contributed by atoms with Crippen LogP contribution in [-0.4, -0.2) is 45.3 Å². The summed E-state index contributed by atoms with van der Waals surface area (Å²) in [6.07, 6.45) is 3.64. The van der Waals surface area contributed by atoms with Crippen molar-refractivity contribution >= 4 is 21.7 Å². The molecule has 0 atom stereocenters. The van der Waals surface area contributed by atoms with Crippen LogP contribution in [0.2, 0.25) is 0 Å². The summed E-state index contributed by atoms with van der Waals surface area (Å²) in [5.74, 6) is -1.16. The van der Waals surface area contributed by atoms with Crippen molar-refractivity contribution in [3.05, 3.63) is 23.8 Å². The maximum Gasteiger partial charge on any atom is 0.335 e. The fourth-order valence-electron chi connectivity index (χ4n) is 2.30. The minimum Gasteiger partial charge on any atom is -0.478 e. The van der Waals surface area contributed by atoms with Crippen molar-refractivity contribution in [2.24, 2.45) is 0 Å². The van der Waals surface area contributed by atoms with Crippen molar-refractivity contribution in [3.63, 3.8) is 0 Å². The van der Waals surface area contributed by atoms with Gasteiger partial charge in [-0.25, -0.2) is 17.9 Å². The molecule has 26 heavy (non-hydrogen) atoms. The van der Waals surface area contributed by atoms with Crippen LogP contribution in [-0.2, 0) is 14.8 Å². The van der Waals surface area contributed by atoms with Crippen LogP contribution in [0.5, 0.6) is 0 Å². The lowest BCUT2D eigenvalue weighted by atomic mass is 10.2. The highest BCUT2D eigenvalue weighted by Crippen LogP contribution is 2.23. The summed E-state index contributed by atoms with van der Waals surface area (Å²) in [5.41, 5.74) is 0.352. The third kappa shape index (κ3) is 7.72. The van der Waals surface area contributed by atoms with Crippen LogP contribution in [0.25, 0.3) is 0 Å². The molecule has 0 aliphatic carbocycles. The molecule has 3 N–H and O–H groups in total. The van der Waals surface area contributed by atoms with Gasteiger partial charge in [0.15, 0.2) is 0 Å². The molecule has 0 aliphatic rings. The highest BCUT2D eigenvalue weighted by atomic mass is 32.2. The van der Waals surface area contributed by atoms with Crippen molar-refractivity contribution in [3.8, 4) is 0 Å². The highest BCUT2D eigenvalue weighted by Gasteiger charge is 2.20. The second-order valence-corrected chi connectivity index (χ2v) is 8.06. The Kier molecular flexibility index (Phi) is 9.61. The Labute approximate surface area is 156 Å². The van der Waals surface area contributed by atoms with Crippen LogP contribution in [0.1, 0.15) is 56.8 Å². The summed E-state index contributed by atoms with van der Waals surface area (Å²) in [4.78, 5) is 11.2. The van der Waals surface area contributed by atoms with Gasteiger partial charge in [-0.15, -0.1) is 0 Å². The van der Waals surface area contributed by atoms with E-state index < -0.39 is 16.0 Å². The molecule has 0 fully saturated rings. The van der Waals surface area contributed by atoms with Crippen LogP contribution in [0.15, 0.2) is 23.1 Å². The number of nitrogens with one attached hydrogen (secondary N) is 2. The first-order valence-electron chi connectivity index (χ1n) is 9.00. The predicted octanol–water partition coefficient (Wildman–Crippen LogP) is 3.08.